The van der Waals surface area contributed by atoms with E-state index < -0.39 is 6.10 Å². The Morgan fingerprint density at radius 1 is 1.21 bits per heavy atom. The van der Waals surface area contributed by atoms with Gasteiger partial charge in [-0.2, -0.15) is 0 Å². The van der Waals surface area contributed by atoms with Gasteiger partial charge in [0, 0.05) is 24.7 Å². The van der Waals surface area contributed by atoms with Gasteiger partial charge in [0.2, 0.25) is 0 Å². The smallest absolute Gasteiger partial charge is 0.138 e. The lowest BCUT2D eigenvalue weighted by Crippen LogP contribution is -2.42. The number of piperidine rings is 1. The maximum absolute atomic E-state index is 13.7. The third kappa shape index (κ3) is 5.74. The van der Waals surface area contributed by atoms with Gasteiger partial charge in [0.1, 0.15) is 11.6 Å². The normalized spacial score (nSPS) is 19.4. The molecule has 6 heteroatoms. The Labute approximate surface area is 200 Å². The van der Waals surface area contributed by atoms with E-state index in [0.29, 0.717) is 24.4 Å². The van der Waals surface area contributed by atoms with Crippen LogP contribution in [0.1, 0.15) is 36.5 Å². The van der Waals surface area contributed by atoms with Crippen LogP contribution in [0.2, 0.25) is 0 Å². The molecule has 3 atom stereocenters. The van der Waals surface area contributed by atoms with Crippen molar-refractivity contribution in [3.8, 4) is 17.6 Å². The summed E-state index contributed by atoms with van der Waals surface area (Å²) in [7, 11) is 1.63. The van der Waals surface area contributed by atoms with E-state index in [-0.39, 0.29) is 18.3 Å². The molecule has 1 unspecified atom stereocenters. The first-order chi connectivity index (χ1) is 16.6. The zero-order valence-corrected chi connectivity index (χ0v) is 19.5. The van der Waals surface area contributed by atoms with Gasteiger partial charge in [-0.3, -0.25) is 9.88 Å². The van der Waals surface area contributed by atoms with Crippen molar-refractivity contribution in [1.82, 2.24) is 9.88 Å². The van der Waals surface area contributed by atoms with Gasteiger partial charge in [-0.1, -0.05) is 24.0 Å². The van der Waals surface area contributed by atoms with Crippen molar-refractivity contribution in [3.63, 3.8) is 0 Å². The highest BCUT2D eigenvalue weighted by molar-refractivity contribution is 5.83. The van der Waals surface area contributed by atoms with E-state index >= 15 is 0 Å². The summed E-state index contributed by atoms with van der Waals surface area (Å²) in [5, 5.41) is 21.9. The Bertz CT molecular complexity index is 1170. The molecular formula is C28H31FN2O3. The fourth-order valence-electron chi connectivity index (χ4n) is 4.79. The number of halogens is 1. The van der Waals surface area contributed by atoms with Crippen LogP contribution >= 0.6 is 0 Å². The van der Waals surface area contributed by atoms with Gasteiger partial charge >= 0.3 is 0 Å². The second kappa shape index (κ2) is 11.4. The van der Waals surface area contributed by atoms with Crippen LogP contribution in [0.4, 0.5) is 4.39 Å². The highest BCUT2D eigenvalue weighted by Crippen LogP contribution is 2.33. The summed E-state index contributed by atoms with van der Waals surface area (Å²) in [6, 6.07) is 14.1. The molecule has 2 heterocycles. The molecular weight excluding hydrogens is 431 g/mol. The first-order valence-electron chi connectivity index (χ1n) is 11.8. The number of aliphatic hydroxyl groups is 2. The number of fused-ring (bicyclic) bond motifs is 1. The number of hydrogen-bond donors (Lipinski definition) is 2. The lowest BCUT2D eigenvalue weighted by molar-refractivity contribution is 0.0640. The number of hydrogen-bond acceptors (Lipinski definition) is 5. The van der Waals surface area contributed by atoms with E-state index in [0.717, 1.165) is 48.1 Å². The minimum absolute atomic E-state index is 0.105. The molecule has 1 fully saturated rings. The molecule has 5 nitrogen and oxygen atoms in total. The van der Waals surface area contributed by atoms with Crippen molar-refractivity contribution in [1.29, 1.82) is 0 Å². The number of methoxy groups -OCH3 is 1. The monoisotopic (exact) mass is 462 g/mol. The average Bonchev–Trinajstić information content (AvgIpc) is 2.88. The molecule has 1 aromatic heterocycles. The summed E-state index contributed by atoms with van der Waals surface area (Å²) >= 11 is 0. The van der Waals surface area contributed by atoms with Gasteiger partial charge in [-0.25, -0.2) is 4.39 Å². The Balaban J connectivity index is 1.34. The Kier molecular flexibility index (Phi) is 8.12. The third-order valence-electron chi connectivity index (χ3n) is 6.76. The van der Waals surface area contributed by atoms with Gasteiger partial charge < -0.3 is 14.9 Å². The van der Waals surface area contributed by atoms with E-state index in [1.807, 2.05) is 24.3 Å². The van der Waals surface area contributed by atoms with E-state index in [1.54, 1.807) is 31.5 Å². The molecule has 178 valence electrons. The SMILES string of the molecule is COc1ccc2nccc(C(O)CC[C@@H]3CCN(CC#Cc4ccccc4F)C[C@@H]3CO)c2c1. The number of ether oxygens (including phenoxy) is 1. The first kappa shape index (κ1) is 24.2. The van der Waals surface area contributed by atoms with Crippen LogP contribution in [-0.4, -0.2) is 53.4 Å². The maximum Gasteiger partial charge on any atom is 0.138 e. The number of aromatic nitrogens is 1. The Morgan fingerprint density at radius 2 is 2.06 bits per heavy atom. The van der Waals surface area contributed by atoms with Crippen LogP contribution in [0.15, 0.2) is 54.7 Å². The fourth-order valence-corrected chi connectivity index (χ4v) is 4.79. The topological polar surface area (TPSA) is 65.8 Å². The van der Waals surface area contributed by atoms with Gasteiger partial charge in [0.15, 0.2) is 0 Å². The van der Waals surface area contributed by atoms with Crippen molar-refractivity contribution < 1.29 is 19.3 Å². The first-order valence-corrected chi connectivity index (χ1v) is 11.8. The van der Waals surface area contributed by atoms with Crippen molar-refractivity contribution in [3.05, 3.63) is 71.7 Å². The highest BCUT2D eigenvalue weighted by atomic mass is 19.1. The molecule has 0 saturated carbocycles. The number of aliphatic hydroxyl groups excluding tert-OH is 2. The number of pyridine rings is 1. The highest BCUT2D eigenvalue weighted by Gasteiger charge is 2.29. The van der Waals surface area contributed by atoms with Crippen LogP contribution in [0, 0.1) is 29.5 Å². The standard InChI is InChI=1S/C28H31FN2O3/c1-34-23-9-10-27-25(17-23)24(12-14-30-27)28(33)11-8-20-13-16-31(18-22(20)19-32)15-4-6-21-5-2-3-7-26(21)29/h2-3,5,7,9-10,12,14,17,20,22,28,32-33H,8,11,13,15-16,18-19H2,1H3/t20-,22-,28?/m1/s1. The zero-order chi connectivity index (χ0) is 23.9. The van der Waals surface area contributed by atoms with Crippen LogP contribution < -0.4 is 4.74 Å². The van der Waals surface area contributed by atoms with Crippen molar-refractivity contribution in [2.24, 2.45) is 11.8 Å². The van der Waals surface area contributed by atoms with Crippen LogP contribution in [0.3, 0.4) is 0 Å². The van der Waals surface area contributed by atoms with Gasteiger partial charge in [-0.05, 0) is 79.6 Å². The molecule has 0 bridgehead atoms. The van der Waals surface area contributed by atoms with Crippen LogP contribution in [0.5, 0.6) is 5.75 Å². The molecule has 2 aromatic carbocycles. The Hall–Kier alpha value is -2.98. The van der Waals surface area contributed by atoms with Gasteiger partial charge in [0.25, 0.3) is 0 Å². The minimum atomic E-state index is -0.610. The number of likely N-dealkylation sites (tertiary alicyclic amines) is 1. The number of rotatable bonds is 7. The van der Waals surface area contributed by atoms with Crippen molar-refractivity contribution >= 4 is 10.9 Å². The fraction of sp³-hybridized carbons (Fsp3) is 0.393. The summed E-state index contributed by atoms with van der Waals surface area (Å²) in [4.78, 5) is 6.61. The average molecular weight is 463 g/mol. The maximum atomic E-state index is 13.7. The molecule has 1 aliphatic heterocycles. The summed E-state index contributed by atoms with van der Waals surface area (Å²) in [6.45, 7) is 2.27. The zero-order valence-electron chi connectivity index (χ0n) is 19.5. The van der Waals surface area contributed by atoms with E-state index in [9.17, 15) is 14.6 Å². The largest absolute Gasteiger partial charge is 0.497 e. The molecule has 0 radical (unpaired) electrons. The lowest BCUT2D eigenvalue weighted by atomic mass is 9.81. The summed E-state index contributed by atoms with van der Waals surface area (Å²) < 4.78 is 19.1. The van der Waals surface area contributed by atoms with Gasteiger partial charge in [-0.15, -0.1) is 0 Å². The molecule has 3 aromatic rings. The molecule has 0 amide bonds. The third-order valence-corrected chi connectivity index (χ3v) is 6.76. The summed E-state index contributed by atoms with van der Waals surface area (Å²) in [5.41, 5.74) is 2.09. The minimum Gasteiger partial charge on any atom is -0.497 e. The number of benzene rings is 2. The summed E-state index contributed by atoms with van der Waals surface area (Å²) in [5.74, 6) is 6.87. The molecule has 0 aliphatic carbocycles. The Morgan fingerprint density at radius 3 is 2.85 bits per heavy atom. The summed E-state index contributed by atoms with van der Waals surface area (Å²) in [6.07, 6.45) is 3.50. The van der Waals surface area contributed by atoms with Crippen molar-refractivity contribution in [2.75, 3.05) is 33.4 Å². The molecule has 1 saturated heterocycles. The second-order valence-electron chi connectivity index (χ2n) is 8.88. The van der Waals surface area contributed by atoms with Gasteiger partial charge in [0.05, 0.1) is 30.8 Å². The molecule has 2 N–H and O–H groups in total. The molecule has 4 rings (SSSR count). The number of nitrogens with zero attached hydrogens (tertiary/aromatic N) is 2. The second-order valence-corrected chi connectivity index (χ2v) is 8.88. The van der Waals surface area contributed by atoms with Crippen LogP contribution in [-0.2, 0) is 0 Å². The van der Waals surface area contributed by atoms with E-state index in [1.165, 1.54) is 6.07 Å². The molecule has 1 aliphatic rings. The predicted molar refractivity (Wildman–Crippen MR) is 131 cm³/mol. The predicted octanol–water partition coefficient (Wildman–Crippen LogP) is 4.18. The van der Waals surface area contributed by atoms with E-state index in [4.69, 9.17) is 4.74 Å². The quantitative estimate of drug-likeness (QED) is 0.516. The molecule has 0 spiro atoms. The molecule has 34 heavy (non-hydrogen) atoms. The van der Waals surface area contributed by atoms with Crippen LogP contribution in [0.25, 0.3) is 10.9 Å². The van der Waals surface area contributed by atoms with Crippen molar-refractivity contribution in [2.45, 2.75) is 25.4 Å². The van der Waals surface area contributed by atoms with E-state index in [2.05, 4.69) is 21.7 Å². The lowest BCUT2D eigenvalue weighted by Gasteiger charge is -2.37.